The van der Waals surface area contributed by atoms with Crippen molar-refractivity contribution in [3.63, 3.8) is 0 Å². The van der Waals surface area contributed by atoms with Gasteiger partial charge in [-0.3, -0.25) is 4.98 Å². The van der Waals surface area contributed by atoms with E-state index >= 15 is 0 Å². The molecule has 0 bridgehead atoms. The third-order valence-corrected chi connectivity index (χ3v) is 2.28. The molecule has 0 spiro atoms. The number of rotatable bonds is 4. The van der Waals surface area contributed by atoms with Gasteiger partial charge < -0.3 is 10.4 Å². The molecule has 0 aliphatic carbocycles. The lowest BCUT2D eigenvalue weighted by Gasteiger charge is -2.08. The molecular formula is C9H13BrN2O. The van der Waals surface area contributed by atoms with Gasteiger partial charge in [0.2, 0.25) is 0 Å². The van der Waals surface area contributed by atoms with Gasteiger partial charge >= 0.3 is 0 Å². The van der Waals surface area contributed by atoms with Crippen molar-refractivity contribution in [2.45, 2.75) is 19.4 Å². The summed E-state index contributed by atoms with van der Waals surface area (Å²) >= 11 is 3.38. The lowest BCUT2D eigenvalue weighted by molar-refractivity contribution is 0.189. The molecule has 1 aromatic rings. The fraction of sp³-hybridized carbons (Fsp3) is 0.444. The highest BCUT2D eigenvalue weighted by molar-refractivity contribution is 9.10. The smallest absolute Gasteiger partial charge is 0.0590 e. The molecule has 0 fully saturated rings. The van der Waals surface area contributed by atoms with E-state index in [0.29, 0.717) is 0 Å². The van der Waals surface area contributed by atoms with E-state index in [9.17, 15) is 0 Å². The molecule has 1 atom stereocenters. The van der Waals surface area contributed by atoms with Crippen LogP contribution in [0.15, 0.2) is 22.9 Å². The Balaban J connectivity index is 2.41. The van der Waals surface area contributed by atoms with Crippen LogP contribution >= 0.6 is 15.9 Å². The van der Waals surface area contributed by atoms with Crippen LogP contribution in [0.5, 0.6) is 0 Å². The molecule has 0 aliphatic rings. The molecule has 1 rings (SSSR count). The zero-order chi connectivity index (χ0) is 9.68. The Kier molecular flexibility index (Phi) is 4.18. The third-order valence-electron chi connectivity index (χ3n) is 1.65. The normalized spacial score (nSPS) is 12.5. The fourth-order valence-corrected chi connectivity index (χ4v) is 1.32. The molecule has 72 valence electrons. The number of hydrogen-bond donors (Lipinski definition) is 2. The number of hydrogen-bond acceptors (Lipinski definition) is 3. The van der Waals surface area contributed by atoms with Crippen LogP contribution in [0.1, 0.15) is 13.3 Å². The molecule has 0 saturated carbocycles. The second-order valence-electron chi connectivity index (χ2n) is 2.92. The second kappa shape index (κ2) is 5.19. The van der Waals surface area contributed by atoms with Crippen LogP contribution in [0, 0.1) is 0 Å². The van der Waals surface area contributed by atoms with E-state index in [4.69, 9.17) is 5.11 Å². The van der Waals surface area contributed by atoms with E-state index < -0.39 is 0 Å². The lowest BCUT2D eigenvalue weighted by Crippen LogP contribution is -2.09. The van der Waals surface area contributed by atoms with Crippen LogP contribution < -0.4 is 5.32 Å². The van der Waals surface area contributed by atoms with Crippen LogP contribution in [0.3, 0.4) is 0 Å². The van der Waals surface area contributed by atoms with Crippen molar-refractivity contribution >= 4 is 21.6 Å². The topological polar surface area (TPSA) is 45.1 Å². The number of nitrogens with zero attached hydrogens (tertiary/aromatic N) is 1. The summed E-state index contributed by atoms with van der Waals surface area (Å²) in [5.74, 6) is 0. The number of nitrogens with one attached hydrogen (secondary N) is 1. The first kappa shape index (κ1) is 10.5. The van der Waals surface area contributed by atoms with E-state index in [1.165, 1.54) is 0 Å². The van der Waals surface area contributed by atoms with Gasteiger partial charge in [0.15, 0.2) is 0 Å². The summed E-state index contributed by atoms with van der Waals surface area (Å²) in [4.78, 5) is 3.95. The first-order chi connectivity index (χ1) is 6.20. The van der Waals surface area contributed by atoms with Gasteiger partial charge in [-0.2, -0.15) is 0 Å². The molecule has 1 aromatic heterocycles. The Morgan fingerprint density at radius 2 is 2.46 bits per heavy atom. The summed E-state index contributed by atoms with van der Waals surface area (Å²) in [6, 6.07) is 1.89. The van der Waals surface area contributed by atoms with Crippen LogP contribution in [-0.4, -0.2) is 22.7 Å². The molecule has 3 nitrogen and oxygen atoms in total. The monoisotopic (exact) mass is 244 g/mol. The number of aliphatic hydroxyl groups excluding tert-OH is 1. The molecule has 0 amide bonds. The van der Waals surface area contributed by atoms with Crippen LogP contribution in [-0.2, 0) is 0 Å². The van der Waals surface area contributed by atoms with Crippen molar-refractivity contribution in [1.29, 1.82) is 0 Å². The maximum atomic E-state index is 9.04. The van der Waals surface area contributed by atoms with Crippen LogP contribution in [0.25, 0.3) is 0 Å². The summed E-state index contributed by atoms with van der Waals surface area (Å²) in [6.07, 6.45) is 3.96. The molecule has 13 heavy (non-hydrogen) atoms. The van der Waals surface area contributed by atoms with E-state index in [-0.39, 0.29) is 6.10 Å². The van der Waals surface area contributed by atoms with Gasteiger partial charge in [0.1, 0.15) is 0 Å². The van der Waals surface area contributed by atoms with Crippen LogP contribution in [0.4, 0.5) is 5.69 Å². The summed E-state index contributed by atoms with van der Waals surface area (Å²) in [6.45, 7) is 2.55. The van der Waals surface area contributed by atoms with Gasteiger partial charge in [-0.05, 0) is 35.3 Å². The minimum atomic E-state index is -0.256. The van der Waals surface area contributed by atoms with E-state index in [2.05, 4.69) is 26.2 Å². The van der Waals surface area contributed by atoms with Crippen molar-refractivity contribution in [3.8, 4) is 0 Å². The Labute approximate surface area is 86.3 Å². The average Bonchev–Trinajstić information content (AvgIpc) is 2.08. The number of anilines is 1. The highest BCUT2D eigenvalue weighted by Gasteiger charge is 1.98. The highest BCUT2D eigenvalue weighted by atomic mass is 79.9. The number of aromatic nitrogens is 1. The quantitative estimate of drug-likeness (QED) is 0.853. The minimum Gasteiger partial charge on any atom is -0.393 e. The maximum absolute atomic E-state index is 9.04. The van der Waals surface area contributed by atoms with Crippen LogP contribution in [0.2, 0.25) is 0 Å². The Morgan fingerprint density at radius 1 is 1.69 bits per heavy atom. The maximum Gasteiger partial charge on any atom is 0.0590 e. The van der Waals surface area contributed by atoms with Crippen molar-refractivity contribution in [2.24, 2.45) is 0 Å². The largest absolute Gasteiger partial charge is 0.393 e. The zero-order valence-electron chi connectivity index (χ0n) is 7.50. The molecule has 0 saturated heterocycles. The molecule has 1 unspecified atom stereocenters. The Morgan fingerprint density at radius 3 is 3.08 bits per heavy atom. The summed E-state index contributed by atoms with van der Waals surface area (Å²) < 4.78 is 0.945. The van der Waals surface area contributed by atoms with Crippen molar-refractivity contribution in [3.05, 3.63) is 22.9 Å². The molecular weight excluding hydrogens is 232 g/mol. The summed E-state index contributed by atoms with van der Waals surface area (Å²) in [5, 5.41) is 12.2. The zero-order valence-corrected chi connectivity index (χ0v) is 9.08. The third kappa shape index (κ3) is 3.74. The number of pyridine rings is 1. The van der Waals surface area contributed by atoms with Gasteiger partial charge in [-0.1, -0.05) is 0 Å². The molecule has 0 aliphatic heterocycles. The molecule has 4 heteroatoms. The SMILES string of the molecule is CC(O)CCNc1ccncc1Br. The Bertz CT molecular complexity index is 266. The minimum absolute atomic E-state index is 0.256. The first-order valence-corrected chi connectivity index (χ1v) is 5.01. The average molecular weight is 245 g/mol. The first-order valence-electron chi connectivity index (χ1n) is 4.21. The second-order valence-corrected chi connectivity index (χ2v) is 3.77. The van der Waals surface area contributed by atoms with E-state index in [0.717, 1.165) is 23.1 Å². The van der Waals surface area contributed by atoms with E-state index in [1.54, 1.807) is 19.3 Å². The van der Waals surface area contributed by atoms with Gasteiger partial charge in [0.05, 0.1) is 16.3 Å². The van der Waals surface area contributed by atoms with Crippen molar-refractivity contribution < 1.29 is 5.11 Å². The van der Waals surface area contributed by atoms with Crippen molar-refractivity contribution in [2.75, 3.05) is 11.9 Å². The molecule has 1 heterocycles. The molecule has 2 N–H and O–H groups in total. The van der Waals surface area contributed by atoms with Gasteiger partial charge in [-0.15, -0.1) is 0 Å². The number of aliphatic hydroxyl groups is 1. The molecule has 0 aromatic carbocycles. The van der Waals surface area contributed by atoms with Gasteiger partial charge in [0, 0.05) is 18.9 Å². The number of halogens is 1. The standard InChI is InChI=1S/C9H13BrN2O/c1-7(13)2-5-12-9-3-4-11-6-8(9)10/h3-4,6-7,13H,2,5H2,1H3,(H,11,12). The summed E-state index contributed by atoms with van der Waals surface area (Å²) in [5.41, 5.74) is 1.01. The predicted octanol–water partition coefficient (Wildman–Crippen LogP) is 2.03. The highest BCUT2D eigenvalue weighted by Crippen LogP contribution is 2.19. The fourth-order valence-electron chi connectivity index (χ4n) is 0.934. The molecule has 0 radical (unpaired) electrons. The van der Waals surface area contributed by atoms with Gasteiger partial charge in [-0.25, -0.2) is 0 Å². The Hall–Kier alpha value is -0.610. The van der Waals surface area contributed by atoms with Gasteiger partial charge in [0.25, 0.3) is 0 Å². The lowest BCUT2D eigenvalue weighted by atomic mass is 10.3. The summed E-state index contributed by atoms with van der Waals surface area (Å²) in [7, 11) is 0. The van der Waals surface area contributed by atoms with E-state index in [1.807, 2.05) is 6.07 Å². The van der Waals surface area contributed by atoms with Crippen molar-refractivity contribution in [1.82, 2.24) is 4.98 Å². The predicted molar refractivity (Wildman–Crippen MR) is 56.7 cm³/mol.